The lowest BCUT2D eigenvalue weighted by atomic mass is 10.1. The van der Waals surface area contributed by atoms with Crippen LogP contribution in [-0.4, -0.2) is 30.4 Å². The highest BCUT2D eigenvalue weighted by Gasteiger charge is 2.25. The lowest BCUT2D eigenvalue weighted by Gasteiger charge is -2.23. The van der Waals surface area contributed by atoms with Gasteiger partial charge in [0.1, 0.15) is 6.04 Å². The first-order valence-corrected chi connectivity index (χ1v) is 5.09. The van der Waals surface area contributed by atoms with E-state index in [1.807, 2.05) is 0 Å². The zero-order valence-corrected chi connectivity index (χ0v) is 8.66. The number of nitrogens with two attached hydrogens (primary N) is 1. The standard InChI is InChI=1S/C10H17N3O2/c1-2-4-7(11)9(14)13-8-5-3-6-12-10(8)15/h2,7-8H,1,3-6,11H2,(H,12,15)(H,13,14). The van der Waals surface area contributed by atoms with E-state index in [1.165, 1.54) is 0 Å². The molecule has 0 spiro atoms. The van der Waals surface area contributed by atoms with E-state index in [2.05, 4.69) is 17.2 Å². The van der Waals surface area contributed by atoms with Crippen molar-refractivity contribution < 1.29 is 9.59 Å². The van der Waals surface area contributed by atoms with Crippen LogP contribution in [0, 0.1) is 0 Å². The second-order valence-corrected chi connectivity index (χ2v) is 3.63. The van der Waals surface area contributed by atoms with Gasteiger partial charge < -0.3 is 16.4 Å². The van der Waals surface area contributed by atoms with Gasteiger partial charge in [0.05, 0.1) is 6.04 Å². The minimum Gasteiger partial charge on any atom is -0.354 e. The molecular formula is C10H17N3O2. The molecule has 2 unspecified atom stereocenters. The Balaban J connectivity index is 2.42. The first-order valence-electron chi connectivity index (χ1n) is 5.09. The third-order valence-electron chi connectivity index (χ3n) is 2.36. The maximum Gasteiger partial charge on any atom is 0.242 e. The lowest BCUT2D eigenvalue weighted by molar-refractivity contribution is -0.130. The molecule has 0 aliphatic carbocycles. The Hall–Kier alpha value is -1.36. The van der Waals surface area contributed by atoms with Crippen LogP contribution >= 0.6 is 0 Å². The Morgan fingerprint density at radius 2 is 2.53 bits per heavy atom. The Morgan fingerprint density at radius 3 is 3.13 bits per heavy atom. The summed E-state index contributed by atoms with van der Waals surface area (Å²) in [6.07, 6.45) is 3.57. The Labute approximate surface area is 89.1 Å². The Morgan fingerprint density at radius 1 is 1.80 bits per heavy atom. The number of amides is 2. The van der Waals surface area contributed by atoms with Crippen LogP contribution in [0.25, 0.3) is 0 Å². The van der Waals surface area contributed by atoms with Crippen LogP contribution in [0.1, 0.15) is 19.3 Å². The summed E-state index contributed by atoms with van der Waals surface area (Å²) in [6.45, 7) is 4.19. The SMILES string of the molecule is C=CCC(N)C(=O)NC1CCCNC1=O. The molecule has 0 aromatic carbocycles. The maximum atomic E-state index is 11.5. The monoisotopic (exact) mass is 211 g/mol. The van der Waals surface area contributed by atoms with Crippen molar-refractivity contribution in [1.82, 2.24) is 10.6 Å². The van der Waals surface area contributed by atoms with Crippen molar-refractivity contribution in [2.24, 2.45) is 5.73 Å². The summed E-state index contributed by atoms with van der Waals surface area (Å²) in [5, 5.41) is 5.32. The predicted molar refractivity (Wildman–Crippen MR) is 57.0 cm³/mol. The highest BCUT2D eigenvalue weighted by Crippen LogP contribution is 2.03. The summed E-state index contributed by atoms with van der Waals surface area (Å²) in [7, 11) is 0. The Kier molecular flexibility index (Phi) is 4.30. The van der Waals surface area contributed by atoms with Crippen LogP contribution in [0.4, 0.5) is 0 Å². The minimum atomic E-state index is -0.614. The topological polar surface area (TPSA) is 84.2 Å². The molecule has 1 aliphatic rings. The molecule has 2 amide bonds. The summed E-state index contributed by atoms with van der Waals surface area (Å²) in [6, 6.07) is -1.04. The van der Waals surface area contributed by atoms with E-state index in [-0.39, 0.29) is 11.8 Å². The first-order chi connectivity index (χ1) is 7.15. The maximum absolute atomic E-state index is 11.5. The predicted octanol–water partition coefficient (Wildman–Crippen LogP) is -0.715. The molecule has 84 valence electrons. The normalized spacial score (nSPS) is 22.7. The molecular weight excluding hydrogens is 194 g/mol. The van der Waals surface area contributed by atoms with E-state index in [0.29, 0.717) is 19.4 Å². The van der Waals surface area contributed by atoms with Crippen LogP contribution in [0.3, 0.4) is 0 Å². The van der Waals surface area contributed by atoms with Crippen molar-refractivity contribution in [3.05, 3.63) is 12.7 Å². The van der Waals surface area contributed by atoms with Crippen molar-refractivity contribution in [3.63, 3.8) is 0 Å². The van der Waals surface area contributed by atoms with Gasteiger partial charge in [-0.25, -0.2) is 0 Å². The van der Waals surface area contributed by atoms with E-state index in [9.17, 15) is 9.59 Å². The van der Waals surface area contributed by atoms with E-state index in [0.717, 1.165) is 6.42 Å². The van der Waals surface area contributed by atoms with Gasteiger partial charge in [0.15, 0.2) is 0 Å². The summed E-state index contributed by atoms with van der Waals surface area (Å²) >= 11 is 0. The zero-order valence-electron chi connectivity index (χ0n) is 8.66. The van der Waals surface area contributed by atoms with Crippen molar-refractivity contribution >= 4 is 11.8 Å². The number of hydrogen-bond acceptors (Lipinski definition) is 3. The van der Waals surface area contributed by atoms with Gasteiger partial charge in [-0.2, -0.15) is 0 Å². The molecule has 1 heterocycles. The number of carbonyl (C=O) groups is 2. The molecule has 1 rings (SSSR count). The van der Waals surface area contributed by atoms with Gasteiger partial charge in [0.25, 0.3) is 0 Å². The average Bonchev–Trinajstić information content (AvgIpc) is 2.21. The van der Waals surface area contributed by atoms with Gasteiger partial charge >= 0.3 is 0 Å². The van der Waals surface area contributed by atoms with Crippen molar-refractivity contribution in [3.8, 4) is 0 Å². The second kappa shape index (κ2) is 5.50. The molecule has 0 radical (unpaired) electrons. The third-order valence-corrected chi connectivity index (χ3v) is 2.36. The van der Waals surface area contributed by atoms with E-state index >= 15 is 0 Å². The van der Waals surface area contributed by atoms with Gasteiger partial charge in [-0.1, -0.05) is 6.08 Å². The molecule has 1 fully saturated rings. The second-order valence-electron chi connectivity index (χ2n) is 3.63. The number of rotatable bonds is 4. The smallest absolute Gasteiger partial charge is 0.242 e. The number of piperidine rings is 1. The van der Waals surface area contributed by atoms with Crippen LogP contribution in [0.5, 0.6) is 0 Å². The molecule has 1 aliphatic heterocycles. The lowest BCUT2D eigenvalue weighted by Crippen LogP contribution is -2.53. The van der Waals surface area contributed by atoms with Gasteiger partial charge in [-0.15, -0.1) is 6.58 Å². The van der Waals surface area contributed by atoms with Gasteiger partial charge in [0, 0.05) is 6.54 Å². The van der Waals surface area contributed by atoms with Crippen LogP contribution in [0.2, 0.25) is 0 Å². The van der Waals surface area contributed by atoms with E-state index in [1.54, 1.807) is 6.08 Å². The molecule has 0 aromatic rings. The molecule has 0 saturated carbocycles. The molecule has 5 heteroatoms. The highest BCUT2D eigenvalue weighted by atomic mass is 16.2. The van der Waals surface area contributed by atoms with Crippen molar-refractivity contribution in [2.45, 2.75) is 31.3 Å². The Bertz CT molecular complexity index is 265. The molecule has 0 bridgehead atoms. The third kappa shape index (κ3) is 3.36. The average molecular weight is 211 g/mol. The highest BCUT2D eigenvalue weighted by molar-refractivity contribution is 5.90. The quantitative estimate of drug-likeness (QED) is 0.537. The van der Waals surface area contributed by atoms with E-state index in [4.69, 9.17) is 5.73 Å². The minimum absolute atomic E-state index is 0.125. The summed E-state index contributed by atoms with van der Waals surface area (Å²) in [4.78, 5) is 22.8. The molecule has 15 heavy (non-hydrogen) atoms. The summed E-state index contributed by atoms with van der Waals surface area (Å²) in [5.74, 6) is -0.419. The number of carbonyl (C=O) groups excluding carboxylic acids is 2. The van der Waals surface area contributed by atoms with Gasteiger partial charge in [-0.3, -0.25) is 9.59 Å². The molecule has 4 N–H and O–H groups in total. The van der Waals surface area contributed by atoms with Crippen molar-refractivity contribution in [2.75, 3.05) is 6.54 Å². The molecule has 2 atom stereocenters. The van der Waals surface area contributed by atoms with Gasteiger partial charge in [0.2, 0.25) is 11.8 Å². The first kappa shape index (κ1) is 11.7. The summed E-state index contributed by atoms with van der Waals surface area (Å²) < 4.78 is 0. The molecule has 5 nitrogen and oxygen atoms in total. The zero-order chi connectivity index (χ0) is 11.3. The number of hydrogen-bond donors (Lipinski definition) is 3. The van der Waals surface area contributed by atoms with Crippen LogP contribution in [0.15, 0.2) is 12.7 Å². The molecule has 0 aromatic heterocycles. The van der Waals surface area contributed by atoms with Crippen LogP contribution < -0.4 is 16.4 Å². The van der Waals surface area contributed by atoms with Crippen LogP contribution in [-0.2, 0) is 9.59 Å². The van der Waals surface area contributed by atoms with Crippen molar-refractivity contribution in [1.29, 1.82) is 0 Å². The summed E-state index contributed by atoms with van der Waals surface area (Å²) in [5.41, 5.74) is 5.58. The fourth-order valence-electron chi connectivity index (χ4n) is 1.48. The number of nitrogens with one attached hydrogen (secondary N) is 2. The fraction of sp³-hybridized carbons (Fsp3) is 0.600. The van der Waals surface area contributed by atoms with E-state index < -0.39 is 12.1 Å². The largest absolute Gasteiger partial charge is 0.354 e. The fourth-order valence-corrected chi connectivity index (χ4v) is 1.48. The molecule has 1 saturated heterocycles. The van der Waals surface area contributed by atoms with Gasteiger partial charge in [-0.05, 0) is 19.3 Å².